The molecule has 0 spiro atoms. The largest absolute Gasteiger partial charge is 0.454 e. The van der Waals surface area contributed by atoms with Gasteiger partial charge in [-0.2, -0.15) is 0 Å². The molecule has 0 fully saturated rings. The van der Waals surface area contributed by atoms with Crippen molar-refractivity contribution in [2.24, 2.45) is 0 Å². The summed E-state index contributed by atoms with van der Waals surface area (Å²) in [5, 5.41) is 3.43. The van der Waals surface area contributed by atoms with Crippen LogP contribution >= 0.6 is 0 Å². The summed E-state index contributed by atoms with van der Waals surface area (Å²) in [7, 11) is 0. The highest BCUT2D eigenvalue weighted by Gasteiger charge is 2.35. The van der Waals surface area contributed by atoms with Crippen molar-refractivity contribution in [2.45, 2.75) is 6.17 Å². The maximum Gasteiger partial charge on any atom is 0.262 e. The lowest BCUT2D eigenvalue weighted by atomic mass is 10.0. The van der Waals surface area contributed by atoms with Gasteiger partial charge in [-0.25, -0.2) is 0 Å². The quantitative estimate of drug-likeness (QED) is 0.769. The van der Waals surface area contributed by atoms with Gasteiger partial charge in [-0.1, -0.05) is 18.2 Å². The van der Waals surface area contributed by atoms with Crippen LogP contribution < -0.4 is 19.7 Å². The standard InChI is InChI=1S/C20H15N3O3/c24-20-14-5-1-2-6-15(14)22-19(16-7-3-4-10-21-16)23(20)13-8-9-17-18(11-13)26-12-25-17/h1-11,19,22H,12H2. The third kappa shape index (κ3) is 2.27. The van der Waals surface area contributed by atoms with Crippen molar-refractivity contribution >= 4 is 17.3 Å². The Labute approximate surface area is 150 Å². The number of anilines is 2. The zero-order chi connectivity index (χ0) is 17.5. The van der Waals surface area contributed by atoms with Gasteiger partial charge >= 0.3 is 0 Å². The molecule has 3 aromatic rings. The van der Waals surface area contributed by atoms with E-state index in [0.717, 1.165) is 17.1 Å². The SMILES string of the molecule is O=C1c2ccccc2NC(c2ccccn2)N1c1ccc2c(c1)OCO2. The van der Waals surface area contributed by atoms with Gasteiger partial charge in [0.25, 0.3) is 5.91 Å². The van der Waals surface area contributed by atoms with Crippen molar-refractivity contribution in [1.29, 1.82) is 0 Å². The number of hydrogen-bond acceptors (Lipinski definition) is 5. The maximum atomic E-state index is 13.3. The molecule has 3 heterocycles. The number of rotatable bonds is 2. The molecule has 0 bridgehead atoms. The summed E-state index contributed by atoms with van der Waals surface area (Å²) in [6, 6.07) is 18.7. The second kappa shape index (κ2) is 5.77. The fraction of sp³-hybridized carbons (Fsp3) is 0.100. The van der Waals surface area contributed by atoms with E-state index >= 15 is 0 Å². The van der Waals surface area contributed by atoms with Crippen molar-refractivity contribution in [3.8, 4) is 11.5 Å². The number of carbonyl (C=O) groups is 1. The zero-order valence-corrected chi connectivity index (χ0v) is 13.8. The number of para-hydroxylation sites is 1. The first-order chi connectivity index (χ1) is 12.8. The molecule has 26 heavy (non-hydrogen) atoms. The summed E-state index contributed by atoms with van der Waals surface area (Å²) in [6.07, 6.45) is 1.30. The minimum absolute atomic E-state index is 0.0890. The van der Waals surface area contributed by atoms with Crippen LogP contribution in [0.5, 0.6) is 11.5 Å². The molecule has 1 atom stereocenters. The van der Waals surface area contributed by atoms with Gasteiger partial charge in [-0.3, -0.25) is 14.7 Å². The topological polar surface area (TPSA) is 63.7 Å². The highest BCUT2D eigenvalue weighted by Crippen LogP contribution is 2.40. The van der Waals surface area contributed by atoms with Crippen LogP contribution in [-0.2, 0) is 0 Å². The lowest BCUT2D eigenvalue weighted by Crippen LogP contribution is -2.43. The average molecular weight is 345 g/mol. The van der Waals surface area contributed by atoms with Gasteiger partial charge in [0.2, 0.25) is 6.79 Å². The van der Waals surface area contributed by atoms with E-state index in [9.17, 15) is 4.79 Å². The number of benzene rings is 2. The number of aromatic nitrogens is 1. The fourth-order valence-corrected chi connectivity index (χ4v) is 3.30. The summed E-state index contributed by atoms with van der Waals surface area (Å²) in [4.78, 5) is 19.4. The number of fused-ring (bicyclic) bond motifs is 2. The molecule has 1 amide bonds. The molecule has 2 aromatic carbocycles. The van der Waals surface area contributed by atoms with Crippen LogP contribution in [0.2, 0.25) is 0 Å². The van der Waals surface area contributed by atoms with Crippen LogP contribution in [0.25, 0.3) is 0 Å². The number of carbonyl (C=O) groups excluding carboxylic acids is 1. The second-order valence-corrected chi connectivity index (χ2v) is 6.06. The molecular formula is C20H15N3O3. The summed E-state index contributed by atoms with van der Waals surface area (Å²) < 4.78 is 10.9. The van der Waals surface area contributed by atoms with Crippen LogP contribution in [0.4, 0.5) is 11.4 Å². The second-order valence-electron chi connectivity index (χ2n) is 6.06. The van der Waals surface area contributed by atoms with Crippen LogP contribution in [0.1, 0.15) is 22.2 Å². The molecule has 1 aromatic heterocycles. The van der Waals surface area contributed by atoms with E-state index in [1.54, 1.807) is 11.1 Å². The summed E-state index contributed by atoms with van der Waals surface area (Å²) in [5.41, 5.74) is 2.90. The molecule has 0 saturated carbocycles. The molecule has 2 aliphatic heterocycles. The highest BCUT2D eigenvalue weighted by atomic mass is 16.7. The van der Waals surface area contributed by atoms with Crippen molar-refractivity contribution < 1.29 is 14.3 Å². The summed E-state index contributed by atoms with van der Waals surface area (Å²) >= 11 is 0. The van der Waals surface area contributed by atoms with Crippen LogP contribution in [0, 0.1) is 0 Å². The van der Waals surface area contributed by atoms with Gasteiger partial charge in [0, 0.05) is 18.0 Å². The lowest BCUT2D eigenvalue weighted by molar-refractivity contribution is 0.0974. The molecule has 0 aliphatic carbocycles. The molecule has 128 valence electrons. The summed E-state index contributed by atoms with van der Waals surface area (Å²) in [6.45, 7) is 0.192. The van der Waals surface area contributed by atoms with Crippen LogP contribution in [0.15, 0.2) is 66.9 Å². The Hall–Kier alpha value is -3.54. The Bertz CT molecular complexity index is 991. The van der Waals surface area contributed by atoms with Gasteiger partial charge in [-0.05, 0) is 36.4 Å². The Morgan fingerprint density at radius 1 is 1.00 bits per heavy atom. The van der Waals surface area contributed by atoms with E-state index in [0.29, 0.717) is 17.1 Å². The molecule has 0 saturated heterocycles. The third-order valence-corrected chi connectivity index (χ3v) is 4.53. The molecular weight excluding hydrogens is 330 g/mol. The Morgan fingerprint density at radius 2 is 1.85 bits per heavy atom. The third-order valence-electron chi connectivity index (χ3n) is 4.53. The van der Waals surface area contributed by atoms with Gasteiger partial charge in [0.15, 0.2) is 17.7 Å². The Morgan fingerprint density at radius 3 is 2.73 bits per heavy atom. The van der Waals surface area contributed by atoms with E-state index in [4.69, 9.17) is 9.47 Å². The Balaban J connectivity index is 1.65. The van der Waals surface area contributed by atoms with Gasteiger partial charge in [-0.15, -0.1) is 0 Å². The van der Waals surface area contributed by atoms with E-state index in [2.05, 4.69) is 10.3 Å². The first-order valence-electron chi connectivity index (χ1n) is 8.31. The van der Waals surface area contributed by atoms with Crippen molar-refractivity contribution in [2.75, 3.05) is 17.0 Å². The molecule has 0 radical (unpaired) electrons. The highest BCUT2D eigenvalue weighted by molar-refractivity contribution is 6.12. The molecule has 1 N–H and O–H groups in total. The maximum absolute atomic E-state index is 13.3. The van der Waals surface area contributed by atoms with Crippen molar-refractivity contribution in [3.05, 3.63) is 78.1 Å². The number of nitrogens with one attached hydrogen (secondary N) is 1. The zero-order valence-electron chi connectivity index (χ0n) is 13.8. The monoisotopic (exact) mass is 345 g/mol. The molecule has 2 aliphatic rings. The first kappa shape index (κ1) is 14.8. The number of nitrogens with zero attached hydrogens (tertiary/aromatic N) is 2. The van der Waals surface area contributed by atoms with Crippen molar-refractivity contribution in [3.63, 3.8) is 0 Å². The number of ether oxygens (including phenoxy) is 2. The van der Waals surface area contributed by atoms with Crippen LogP contribution in [-0.4, -0.2) is 17.7 Å². The Kier molecular flexibility index (Phi) is 3.28. The normalized spacial score (nSPS) is 17.6. The van der Waals surface area contributed by atoms with Crippen molar-refractivity contribution in [1.82, 2.24) is 4.98 Å². The molecule has 6 heteroatoms. The summed E-state index contributed by atoms with van der Waals surface area (Å²) in [5.74, 6) is 1.23. The first-order valence-corrected chi connectivity index (χ1v) is 8.31. The predicted octanol–water partition coefficient (Wildman–Crippen LogP) is 3.58. The van der Waals surface area contributed by atoms with Gasteiger partial charge in [0.1, 0.15) is 0 Å². The predicted molar refractivity (Wildman–Crippen MR) is 96.4 cm³/mol. The van der Waals surface area contributed by atoms with E-state index in [1.807, 2.05) is 60.7 Å². The average Bonchev–Trinajstić information content (AvgIpc) is 3.16. The van der Waals surface area contributed by atoms with Gasteiger partial charge in [0.05, 0.1) is 16.9 Å². The number of pyridine rings is 1. The lowest BCUT2D eigenvalue weighted by Gasteiger charge is -2.37. The minimum Gasteiger partial charge on any atom is -0.454 e. The van der Waals surface area contributed by atoms with E-state index < -0.39 is 6.17 Å². The molecule has 1 unspecified atom stereocenters. The van der Waals surface area contributed by atoms with Crippen LogP contribution in [0.3, 0.4) is 0 Å². The number of amides is 1. The van der Waals surface area contributed by atoms with E-state index in [1.165, 1.54) is 0 Å². The smallest absolute Gasteiger partial charge is 0.262 e. The van der Waals surface area contributed by atoms with Gasteiger partial charge < -0.3 is 14.8 Å². The van der Waals surface area contributed by atoms with E-state index in [-0.39, 0.29) is 12.7 Å². The minimum atomic E-state index is -0.418. The molecule has 6 nitrogen and oxygen atoms in total. The fourth-order valence-electron chi connectivity index (χ4n) is 3.30. The number of hydrogen-bond donors (Lipinski definition) is 1. The molecule has 5 rings (SSSR count).